The van der Waals surface area contributed by atoms with Gasteiger partial charge in [0.25, 0.3) is 0 Å². The predicted octanol–water partition coefficient (Wildman–Crippen LogP) is 3.49. The largest absolute Gasteiger partial charge is 0.246 e. The number of hydrogen-bond acceptors (Lipinski definition) is 2. The zero-order chi connectivity index (χ0) is 8.97. The van der Waals surface area contributed by atoms with Crippen LogP contribution < -0.4 is 0 Å². The summed E-state index contributed by atoms with van der Waals surface area (Å²) in [5, 5.41) is 1.21. The van der Waals surface area contributed by atoms with Crippen molar-refractivity contribution in [3.8, 4) is 0 Å². The minimum Gasteiger partial charge on any atom is -0.246 e. The summed E-state index contributed by atoms with van der Waals surface area (Å²) in [5.74, 6) is 0. The van der Waals surface area contributed by atoms with E-state index in [2.05, 4.69) is 25.8 Å². The van der Waals surface area contributed by atoms with E-state index in [1.807, 2.05) is 11.3 Å². The van der Waals surface area contributed by atoms with Crippen LogP contribution in [0.3, 0.4) is 0 Å². The molecule has 0 N–H and O–H groups in total. The average Bonchev–Trinajstić information content (AvgIpc) is 2.31. The van der Waals surface area contributed by atoms with E-state index >= 15 is 0 Å². The van der Waals surface area contributed by atoms with Crippen molar-refractivity contribution < 1.29 is 0 Å². The lowest BCUT2D eigenvalue weighted by Gasteiger charge is -1.96. The Kier molecular flexibility index (Phi) is 3.73. The second kappa shape index (κ2) is 4.61. The average molecular weight is 183 g/mol. The van der Waals surface area contributed by atoms with Crippen molar-refractivity contribution in [2.75, 3.05) is 0 Å². The summed E-state index contributed by atoms with van der Waals surface area (Å²) in [6.07, 6.45) is 5.09. The number of hydrogen-bond donors (Lipinski definition) is 0. The van der Waals surface area contributed by atoms with Crippen LogP contribution in [0.25, 0.3) is 0 Å². The van der Waals surface area contributed by atoms with E-state index in [9.17, 15) is 0 Å². The van der Waals surface area contributed by atoms with Gasteiger partial charge in [0.1, 0.15) is 0 Å². The maximum Gasteiger partial charge on any atom is 0.0900 e. The fourth-order valence-corrected chi connectivity index (χ4v) is 2.21. The van der Waals surface area contributed by atoms with Crippen LogP contribution in [0.2, 0.25) is 0 Å². The fraction of sp³-hybridized carbons (Fsp3) is 0.700. The topological polar surface area (TPSA) is 12.9 Å². The first-order valence-corrected chi connectivity index (χ1v) is 5.48. The molecule has 68 valence electrons. The van der Waals surface area contributed by atoms with Gasteiger partial charge in [-0.25, -0.2) is 4.98 Å². The molecule has 0 amide bonds. The van der Waals surface area contributed by atoms with E-state index in [1.165, 1.54) is 41.3 Å². The molecule has 0 aliphatic heterocycles. The summed E-state index contributed by atoms with van der Waals surface area (Å²) < 4.78 is 0. The third-order valence-electron chi connectivity index (χ3n) is 2.02. The third kappa shape index (κ3) is 2.59. The number of aromatic nitrogens is 1. The summed E-state index contributed by atoms with van der Waals surface area (Å²) >= 11 is 1.82. The van der Waals surface area contributed by atoms with Crippen LogP contribution in [-0.2, 0) is 6.42 Å². The highest BCUT2D eigenvalue weighted by Crippen LogP contribution is 2.18. The predicted molar refractivity (Wildman–Crippen MR) is 54.8 cm³/mol. The van der Waals surface area contributed by atoms with Gasteiger partial charge in [-0.05, 0) is 26.7 Å². The van der Waals surface area contributed by atoms with Crippen LogP contribution >= 0.6 is 11.3 Å². The van der Waals surface area contributed by atoms with Gasteiger partial charge < -0.3 is 0 Å². The van der Waals surface area contributed by atoms with E-state index in [0.717, 1.165) is 0 Å². The molecule has 0 aromatic carbocycles. The second-order valence-electron chi connectivity index (χ2n) is 3.19. The van der Waals surface area contributed by atoms with Crippen molar-refractivity contribution in [1.29, 1.82) is 0 Å². The molecule has 0 atom stereocenters. The number of rotatable bonds is 4. The first-order chi connectivity index (χ1) is 5.74. The molecule has 0 spiro atoms. The number of aryl methyl sites for hydroxylation is 3. The van der Waals surface area contributed by atoms with Crippen LogP contribution in [0.4, 0.5) is 0 Å². The normalized spacial score (nSPS) is 10.6. The van der Waals surface area contributed by atoms with Crippen LogP contribution in [0, 0.1) is 13.8 Å². The zero-order valence-electron chi connectivity index (χ0n) is 8.18. The van der Waals surface area contributed by atoms with E-state index < -0.39 is 0 Å². The highest BCUT2D eigenvalue weighted by Gasteiger charge is 2.03. The van der Waals surface area contributed by atoms with Crippen molar-refractivity contribution in [2.24, 2.45) is 0 Å². The lowest BCUT2D eigenvalue weighted by molar-refractivity contribution is 0.707. The third-order valence-corrected chi connectivity index (χ3v) is 2.95. The minimum absolute atomic E-state index is 1.17. The molecule has 1 rings (SSSR count). The smallest absolute Gasteiger partial charge is 0.0900 e. The molecule has 1 aromatic rings. The maximum atomic E-state index is 4.50. The fourth-order valence-electron chi connectivity index (χ4n) is 1.35. The Bertz CT molecular complexity index is 240. The Morgan fingerprint density at radius 2 is 2.00 bits per heavy atom. The van der Waals surface area contributed by atoms with Gasteiger partial charge >= 0.3 is 0 Å². The number of unbranched alkanes of at least 4 members (excludes halogenated alkanes) is 2. The van der Waals surface area contributed by atoms with Gasteiger partial charge in [-0.15, -0.1) is 11.3 Å². The molecule has 0 aliphatic rings. The first-order valence-electron chi connectivity index (χ1n) is 4.67. The number of nitrogens with zero attached hydrogens (tertiary/aromatic N) is 1. The standard InChI is InChI=1S/C10H17NS/c1-4-5-6-7-10-8(2)12-9(3)11-10/h4-7H2,1-3H3. The van der Waals surface area contributed by atoms with E-state index in [0.29, 0.717) is 0 Å². The molecule has 0 fully saturated rings. The highest BCUT2D eigenvalue weighted by atomic mass is 32.1. The molecule has 2 heteroatoms. The van der Waals surface area contributed by atoms with Crippen molar-refractivity contribution in [3.63, 3.8) is 0 Å². The van der Waals surface area contributed by atoms with Gasteiger partial charge in [0, 0.05) is 4.88 Å². The molecule has 1 heterocycles. The van der Waals surface area contributed by atoms with Crippen LogP contribution in [0.15, 0.2) is 0 Å². The van der Waals surface area contributed by atoms with Gasteiger partial charge in [-0.3, -0.25) is 0 Å². The van der Waals surface area contributed by atoms with Gasteiger partial charge in [0.15, 0.2) is 0 Å². The highest BCUT2D eigenvalue weighted by molar-refractivity contribution is 7.11. The summed E-state index contributed by atoms with van der Waals surface area (Å²) in [6.45, 7) is 6.49. The molecule has 1 nitrogen and oxygen atoms in total. The van der Waals surface area contributed by atoms with E-state index in [-0.39, 0.29) is 0 Å². The van der Waals surface area contributed by atoms with Crippen molar-refractivity contribution in [1.82, 2.24) is 4.98 Å². The second-order valence-corrected chi connectivity index (χ2v) is 4.60. The van der Waals surface area contributed by atoms with Gasteiger partial charge in [0.05, 0.1) is 10.7 Å². The van der Waals surface area contributed by atoms with Crippen molar-refractivity contribution in [2.45, 2.75) is 46.5 Å². The Labute approximate surface area is 78.8 Å². The Morgan fingerprint density at radius 3 is 2.50 bits per heavy atom. The van der Waals surface area contributed by atoms with Crippen molar-refractivity contribution >= 4 is 11.3 Å². The Balaban J connectivity index is 2.45. The maximum absolute atomic E-state index is 4.50. The molecule has 0 radical (unpaired) electrons. The van der Waals surface area contributed by atoms with Gasteiger partial charge in [0.2, 0.25) is 0 Å². The lowest BCUT2D eigenvalue weighted by Crippen LogP contribution is -1.87. The zero-order valence-corrected chi connectivity index (χ0v) is 9.00. The Morgan fingerprint density at radius 1 is 1.25 bits per heavy atom. The van der Waals surface area contributed by atoms with E-state index in [4.69, 9.17) is 0 Å². The molecular weight excluding hydrogens is 166 g/mol. The van der Waals surface area contributed by atoms with Crippen LogP contribution in [0.1, 0.15) is 41.8 Å². The molecular formula is C10H17NS. The summed E-state index contributed by atoms with van der Waals surface area (Å²) in [6, 6.07) is 0. The summed E-state index contributed by atoms with van der Waals surface area (Å²) in [4.78, 5) is 5.91. The summed E-state index contributed by atoms with van der Waals surface area (Å²) in [7, 11) is 0. The van der Waals surface area contributed by atoms with E-state index in [1.54, 1.807) is 0 Å². The minimum atomic E-state index is 1.17. The molecule has 1 aromatic heterocycles. The van der Waals surface area contributed by atoms with Crippen molar-refractivity contribution in [3.05, 3.63) is 15.6 Å². The quantitative estimate of drug-likeness (QED) is 0.651. The van der Waals surface area contributed by atoms with Gasteiger partial charge in [-0.2, -0.15) is 0 Å². The monoisotopic (exact) mass is 183 g/mol. The first kappa shape index (κ1) is 9.72. The molecule has 0 aliphatic carbocycles. The molecule has 0 saturated heterocycles. The van der Waals surface area contributed by atoms with Crippen LogP contribution in [0.5, 0.6) is 0 Å². The Hall–Kier alpha value is -0.370. The summed E-state index contributed by atoms with van der Waals surface area (Å²) in [5.41, 5.74) is 1.32. The molecule has 0 bridgehead atoms. The molecule has 12 heavy (non-hydrogen) atoms. The molecule has 0 saturated carbocycles. The lowest BCUT2D eigenvalue weighted by atomic mass is 10.1. The number of thiazole rings is 1. The SMILES string of the molecule is CCCCCc1nc(C)sc1C. The molecule has 0 unspecified atom stereocenters. The van der Waals surface area contributed by atoms with Gasteiger partial charge in [-0.1, -0.05) is 19.8 Å². The van der Waals surface area contributed by atoms with Crippen LogP contribution in [-0.4, -0.2) is 4.98 Å².